The van der Waals surface area contributed by atoms with Crippen molar-refractivity contribution in [3.8, 4) is 0 Å². The van der Waals surface area contributed by atoms with Gasteiger partial charge in [-0.15, -0.1) is 0 Å². The van der Waals surface area contributed by atoms with Gasteiger partial charge in [-0.1, -0.05) is 17.7 Å². The van der Waals surface area contributed by atoms with Gasteiger partial charge in [-0.05, 0) is 49.6 Å². The molecule has 1 aromatic heterocycles. The number of likely N-dealkylation sites (tertiary alicyclic amines) is 1. The Hall–Kier alpha value is -2.69. The van der Waals surface area contributed by atoms with Crippen molar-refractivity contribution in [2.45, 2.75) is 37.6 Å². The third-order valence-electron chi connectivity index (χ3n) is 5.76. The maximum absolute atomic E-state index is 12.8. The van der Waals surface area contributed by atoms with E-state index in [1.807, 2.05) is 48.2 Å². The number of nitrogens with zero attached hydrogens (tertiary/aromatic N) is 2. The fourth-order valence-corrected chi connectivity index (χ4v) is 4.37. The van der Waals surface area contributed by atoms with Gasteiger partial charge in [0.2, 0.25) is 5.91 Å². The van der Waals surface area contributed by atoms with Gasteiger partial charge in [0.25, 0.3) is 5.91 Å². The predicted molar refractivity (Wildman–Crippen MR) is 98.8 cm³/mol. The van der Waals surface area contributed by atoms with Gasteiger partial charge in [0.1, 0.15) is 0 Å². The van der Waals surface area contributed by atoms with E-state index in [-0.39, 0.29) is 23.3 Å². The molecule has 2 fully saturated rings. The zero-order chi connectivity index (χ0) is 18.1. The van der Waals surface area contributed by atoms with E-state index < -0.39 is 0 Å². The largest absolute Gasteiger partial charge is 0.350 e. The molecule has 1 N–H and O–H groups in total. The Morgan fingerprint density at radius 2 is 1.92 bits per heavy atom. The second kappa shape index (κ2) is 6.56. The van der Waals surface area contributed by atoms with Gasteiger partial charge in [0.05, 0.1) is 5.54 Å². The molecule has 0 aliphatic carbocycles. The molecule has 1 spiro atoms. The minimum Gasteiger partial charge on any atom is -0.350 e. The molecule has 1 aromatic carbocycles. The number of hydrogen-bond acceptors (Lipinski definition) is 3. The van der Waals surface area contributed by atoms with Gasteiger partial charge in [-0.3, -0.25) is 14.6 Å². The van der Waals surface area contributed by atoms with Crippen LogP contribution < -0.4 is 5.32 Å². The van der Waals surface area contributed by atoms with Crippen LogP contribution in [0.3, 0.4) is 0 Å². The summed E-state index contributed by atoms with van der Waals surface area (Å²) in [7, 11) is 0. The molecule has 134 valence electrons. The second-order valence-corrected chi connectivity index (χ2v) is 7.40. The number of amides is 2. The van der Waals surface area contributed by atoms with Gasteiger partial charge >= 0.3 is 0 Å². The molecule has 4 rings (SSSR count). The summed E-state index contributed by atoms with van der Waals surface area (Å²) < 4.78 is 0. The first-order valence-corrected chi connectivity index (χ1v) is 9.14. The number of carbonyl (C=O) groups excluding carboxylic acids is 2. The van der Waals surface area contributed by atoms with Crippen molar-refractivity contribution in [2.24, 2.45) is 0 Å². The first kappa shape index (κ1) is 16.8. The number of hydrogen-bond donors (Lipinski definition) is 1. The fourth-order valence-electron chi connectivity index (χ4n) is 4.37. The molecule has 2 aliphatic rings. The molecule has 2 saturated heterocycles. The first-order chi connectivity index (χ1) is 12.6. The summed E-state index contributed by atoms with van der Waals surface area (Å²) in [6.07, 6.45) is 5.63. The summed E-state index contributed by atoms with van der Waals surface area (Å²) in [5.41, 5.74) is 2.73. The number of benzene rings is 1. The Morgan fingerprint density at radius 1 is 1.19 bits per heavy atom. The summed E-state index contributed by atoms with van der Waals surface area (Å²) in [4.78, 5) is 31.0. The second-order valence-electron chi connectivity index (χ2n) is 7.40. The Bertz CT molecular complexity index is 826. The standard InChI is InChI=1S/C21H23N3O2/c1-15-3-2-4-17(13-15)20(26)24-11-7-21(8-12-24)18(14-19(25)23-21)16-5-9-22-10-6-16/h2-6,9-10,13,18H,7-8,11-12,14H2,1H3,(H,23,25)/t18-/m1/s1. The molecule has 26 heavy (non-hydrogen) atoms. The highest BCUT2D eigenvalue weighted by molar-refractivity contribution is 5.94. The van der Waals surface area contributed by atoms with Crippen molar-refractivity contribution in [1.29, 1.82) is 0 Å². The Kier molecular flexibility index (Phi) is 4.23. The van der Waals surface area contributed by atoms with Gasteiger partial charge in [0.15, 0.2) is 0 Å². The van der Waals surface area contributed by atoms with Crippen LogP contribution in [0.1, 0.15) is 46.7 Å². The number of pyridine rings is 1. The van der Waals surface area contributed by atoms with E-state index in [1.165, 1.54) is 0 Å². The fraction of sp³-hybridized carbons (Fsp3) is 0.381. The van der Waals surface area contributed by atoms with Crippen LogP contribution in [0.15, 0.2) is 48.8 Å². The Labute approximate surface area is 153 Å². The van der Waals surface area contributed by atoms with Gasteiger partial charge < -0.3 is 10.2 Å². The van der Waals surface area contributed by atoms with Gasteiger partial charge in [0, 0.05) is 43.4 Å². The SMILES string of the molecule is Cc1cccc(C(=O)N2CCC3(CC2)NC(=O)C[C@@H]3c2ccncc2)c1. The number of aromatic nitrogens is 1. The smallest absolute Gasteiger partial charge is 0.253 e. The van der Waals surface area contributed by atoms with Crippen molar-refractivity contribution < 1.29 is 9.59 Å². The van der Waals surface area contributed by atoms with Crippen molar-refractivity contribution in [3.05, 3.63) is 65.5 Å². The monoisotopic (exact) mass is 349 g/mol. The van der Waals surface area contributed by atoms with E-state index in [1.54, 1.807) is 12.4 Å². The lowest BCUT2D eigenvalue weighted by molar-refractivity contribution is -0.120. The van der Waals surface area contributed by atoms with Crippen LogP contribution >= 0.6 is 0 Å². The molecule has 0 radical (unpaired) electrons. The Morgan fingerprint density at radius 3 is 2.62 bits per heavy atom. The van der Waals surface area contributed by atoms with Crippen LogP contribution in [0.5, 0.6) is 0 Å². The maximum Gasteiger partial charge on any atom is 0.253 e. The van der Waals surface area contributed by atoms with E-state index in [9.17, 15) is 9.59 Å². The molecule has 5 nitrogen and oxygen atoms in total. The third kappa shape index (κ3) is 2.98. The lowest BCUT2D eigenvalue weighted by Crippen LogP contribution is -2.54. The van der Waals surface area contributed by atoms with Crippen LogP contribution in [0, 0.1) is 6.92 Å². The summed E-state index contributed by atoms with van der Waals surface area (Å²) in [5, 5.41) is 3.23. The number of rotatable bonds is 2. The minimum atomic E-state index is -0.248. The lowest BCUT2D eigenvalue weighted by Gasteiger charge is -2.43. The van der Waals surface area contributed by atoms with Crippen molar-refractivity contribution in [2.75, 3.05) is 13.1 Å². The summed E-state index contributed by atoms with van der Waals surface area (Å²) >= 11 is 0. The van der Waals surface area contributed by atoms with Crippen molar-refractivity contribution in [1.82, 2.24) is 15.2 Å². The average molecular weight is 349 g/mol. The minimum absolute atomic E-state index is 0.0772. The summed E-state index contributed by atoms with van der Waals surface area (Å²) in [6, 6.07) is 11.7. The maximum atomic E-state index is 12.8. The molecule has 2 aromatic rings. The number of nitrogens with one attached hydrogen (secondary N) is 1. The average Bonchev–Trinajstić information content (AvgIpc) is 2.98. The van der Waals surface area contributed by atoms with E-state index >= 15 is 0 Å². The van der Waals surface area contributed by atoms with Crippen molar-refractivity contribution >= 4 is 11.8 Å². The number of piperidine rings is 1. The van der Waals surface area contributed by atoms with Crippen LogP contribution in [0.25, 0.3) is 0 Å². The van der Waals surface area contributed by atoms with E-state index in [0.29, 0.717) is 19.5 Å². The quantitative estimate of drug-likeness (QED) is 0.907. The molecule has 2 aliphatic heterocycles. The third-order valence-corrected chi connectivity index (χ3v) is 5.76. The Balaban J connectivity index is 1.51. The van der Waals surface area contributed by atoms with Crippen LogP contribution in [0.2, 0.25) is 0 Å². The summed E-state index contributed by atoms with van der Waals surface area (Å²) in [6.45, 7) is 3.32. The number of aryl methyl sites for hydroxylation is 1. The zero-order valence-corrected chi connectivity index (χ0v) is 14.9. The molecule has 1 atom stereocenters. The van der Waals surface area contributed by atoms with E-state index in [4.69, 9.17) is 0 Å². The highest BCUT2D eigenvalue weighted by Crippen LogP contribution is 2.43. The van der Waals surface area contributed by atoms with Crippen LogP contribution in [-0.4, -0.2) is 40.3 Å². The predicted octanol–water partition coefficient (Wildman–Crippen LogP) is 2.67. The van der Waals surface area contributed by atoms with Gasteiger partial charge in [-0.2, -0.15) is 0 Å². The van der Waals surface area contributed by atoms with E-state index in [0.717, 1.165) is 29.5 Å². The molecule has 3 heterocycles. The normalized spacial score (nSPS) is 21.7. The van der Waals surface area contributed by atoms with Crippen LogP contribution in [0.4, 0.5) is 0 Å². The van der Waals surface area contributed by atoms with E-state index in [2.05, 4.69) is 10.3 Å². The molecule has 0 unspecified atom stereocenters. The molecule has 0 bridgehead atoms. The topological polar surface area (TPSA) is 62.3 Å². The zero-order valence-electron chi connectivity index (χ0n) is 14.9. The highest BCUT2D eigenvalue weighted by Gasteiger charge is 2.49. The number of carbonyl (C=O) groups is 2. The molecular weight excluding hydrogens is 326 g/mol. The molecular formula is C21H23N3O2. The summed E-state index contributed by atoms with van der Waals surface area (Å²) in [5.74, 6) is 0.327. The van der Waals surface area contributed by atoms with Crippen LogP contribution in [-0.2, 0) is 4.79 Å². The van der Waals surface area contributed by atoms with Gasteiger partial charge in [-0.25, -0.2) is 0 Å². The molecule has 5 heteroatoms. The lowest BCUT2D eigenvalue weighted by atomic mass is 9.74. The molecule has 0 saturated carbocycles. The van der Waals surface area contributed by atoms with Crippen molar-refractivity contribution in [3.63, 3.8) is 0 Å². The first-order valence-electron chi connectivity index (χ1n) is 9.14. The highest BCUT2D eigenvalue weighted by atomic mass is 16.2. The molecule has 2 amide bonds.